The zero-order valence-electron chi connectivity index (χ0n) is 9.59. The highest BCUT2D eigenvalue weighted by atomic mass is 79.9. The van der Waals surface area contributed by atoms with Crippen LogP contribution in [0.25, 0.3) is 0 Å². The molecule has 20 heavy (non-hydrogen) atoms. The van der Waals surface area contributed by atoms with E-state index in [-0.39, 0.29) is 20.1 Å². The first-order valence-corrected chi connectivity index (χ1v) is 9.76. The van der Waals surface area contributed by atoms with Crippen LogP contribution in [0.2, 0.25) is 0 Å². The van der Waals surface area contributed by atoms with E-state index in [1.807, 2.05) is 12.1 Å². The van der Waals surface area contributed by atoms with Gasteiger partial charge in [0.05, 0.1) is 7.57 Å². The van der Waals surface area contributed by atoms with Crippen LogP contribution in [0.4, 0.5) is 0 Å². The van der Waals surface area contributed by atoms with Crippen LogP contribution in [0.15, 0.2) is 30.7 Å². The summed E-state index contributed by atoms with van der Waals surface area (Å²) < 4.78 is 27.9. The highest BCUT2D eigenvalue weighted by molar-refractivity contribution is 9.11. The summed E-state index contributed by atoms with van der Waals surface area (Å²) in [6, 6.07) is 4.78. The monoisotopic (exact) mass is 459 g/mol. The number of halogens is 2. The molecule has 5 nitrogen and oxygen atoms in total. The molecule has 0 fully saturated rings. The van der Waals surface area contributed by atoms with Crippen LogP contribution in [0.1, 0.15) is 14.5 Å². The molecule has 0 bridgehead atoms. The largest absolute Gasteiger partial charge is 0.477 e. The van der Waals surface area contributed by atoms with Gasteiger partial charge < -0.3 is 5.11 Å². The van der Waals surface area contributed by atoms with E-state index in [2.05, 4.69) is 36.6 Å². The Kier molecular flexibility index (Phi) is 5.03. The minimum absolute atomic E-state index is 0.0314. The Bertz CT molecular complexity index is 750. The van der Waals surface area contributed by atoms with Crippen molar-refractivity contribution < 1.29 is 18.3 Å². The van der Waals surface area contributed by atoms with Crippen LogP contribution in [-0.4, -0.2) is 19.5 Å². The number of carboxylic acids is 1. The molecule has 0 atom stereocenters. The van der Waals surface area contributed by atoms with E-state index in [0.717, 1.165) is 26.1 Å². The highest BCUT2D eigenvalue weighted by Crippen LogP contribution is 2.32. The van der Waals surface area contributed by atoms with Crippen molar-refractivity contribution in [2.45, 2.75) is 11.4 Å². The first-order chi connectivity index (χ1) is 9.29. The zero-order chi connectivity index (χ0) is 14.9. The maximum atomic E-state index is 12.1. The molecule has 0 radical (unpaired) electrons. The Morgan fingerprint density at radius 2 is 2.00 bits per heavy atom. The van der Waals surface area contributed by atoms with Gasteiger partial charge in [0.25, 0.3) is 0 Å². The van der Waals surface area contributed by atoms with Crippen molar-refractivity contribution in [1.29, 1.82) is 0 Å². The van der Waals surface area contributed by atoms with Crippen LogP contribution in [0.3, 0.4) is 0 Å². The van der Waals surface area contributed by atoms with E-state index < -0.39 is 16.0 Å². The molecule has 0 aliphatic rings. The number of sulfonamides is 1. The maximum Gasteiger partial charge on any atom is 0.345 e. The number of hydrogen-bond donors (Lipinski definition) is 2. The first kappa shape index (κ1) is 16.1. The lowest BCUT2D eigenvalue weighted by molar-refractivity contribution is 0.0702. The molecule has 0 amide bonds. The lowest BCUT2D eigenvalue weighted by Gasteiger charge is -2.03. The van der Waals surface area contributed by atoms with Gasteiger partial charge in [0, 0.05) is 11.4 Å². The predicted octanol–water partition coefficient (Wildman–Crippen LogP) is 3.51. The van der Waals surface area contributed by atoms with E-state index in [1.54, 1.807) is 0 Å². The summed E-state index contributed by atoms with van der Waals surface area (Å²) in [6.07, 6.45) is 0. The second kappa shape index (κ2) is 6.24. The van der Waals surface area contributed by atoms with Crippen LogP contribution < -0.4 is 4.72 Å². The number of hydrogen-bond acceptors (Lipinski definition) is 5. The Balaban J connectivity index is 2.20. The average molecular weight is 461 g/mol. The summed E-state index contributed by atoms with van der Waals surface area (Å²) in [5.74, 6) is -1.15. The first-order valence-electron chi connectivity index (χ1n) is 5.06. The van der Waals surface area contributed by atoms with Crippen molar-refractivity contribution in [3.8, 4) is 0 Å². The number of thiophene rings is 2. The Hall–Kier alpha value is -0.260. The molecule has 0 saturated heterocycles. The van der Waals surface area contributed by atoms with Crippen molar-refractivity contribution >= 4 is 70.5 Å². The van der Waals surface area contributed by atoms with Gasteiger partial charge in [0.15, 0.2) is 0 Å². The van der Waals surface area contributed by atoms with Crippen molar-refractivity contribution in [1.82, 2.24) is 4.72 Å². The van der Waals surface area contributed by atoms with Gasteiger partial charge >= 0.3 is 5.97 Å². The molecule has 0 aromatic carbocycles. The normalized spacial score (nSPS) is 11.7. The molecule has 0 aliphatic heterocycles. The summed E-state index contributed by atoms with van der Waals surface area (Å²) in [5, 5.41) is 8.87. The number of carboxylic acid groups (broad SMARTS) is 1. The van der Waals surface area contributed by atoms with E-state index in [4.69, 9.17) is 5.11 Å². The molecule has 2 aromatic rings. The smallest absolute Gasteiger partial charge is 0.345 e. The molecule has 2 N–H and O–H groups in total. The molecule has 0 aliphatic carbocycles. The summed E-state index contributed by atoms with van der Waals surface area (Å²) in [6.45, 7) is 0.156. The number of nitrogens with one attached hydrogen (secondary N) is 1. The molecule has 0 saturated carbocycles. The van der Waals surface area contributed by atoms with E-state index in [0.29, 0.717) is 0 Å². The lowest BCUT2D eigenvalue weighted by atomic mass is 10.5. The van der Waals surface area contributed by atoms with Gasteiger partial charge in [-0.3, -0.25) is 0 Å². The number of aromatic carboxylic acids is 1. The van der Waals surface area contributed by atoms with Gasteiger partial charge in [-0.05, 0) is 50.1 Å². The standard InChI is InChI=1S/C10H7Br2NO4S3/c11-8-2-1-5(18-8)4-13-20(16,17)7-3-6(10(14)15)19-9(7)12/h1-3,13H,4H2,(H,14,15). The van der Waals surface area contributed by atoms with E-state index >= 15 is 0 Å². The quantitative estimate of drug-likeness (QED) is 0.714. The maximum absolute atomic E-state index is 12.1. The zero-order valence-corrected chi connectivity index (χ0v) is 15.2. The minimum atomic E-state index is -3.75. The van der Waals surface area contributed by atoms with Crippen LogP contribution in [0.5, 0.6) is 0 Å². The van der Waals surface area contributed by atoms with Crippen LogP contribution >= 0.6 is 54.5 Å². The molecule has 10 heteroatoms. The van der Waals surface area contributed by atoms with Crippen molar-refractivity contribution in [2.24, 2.45) is 0 Å². The predicted molar refractivity (Wildman–Crippen MR) is 85.0 cm³/mol. The fourth-order valence-corrected chi connectivity index (χ4v) is 6.25. The second-order valence-corrected chi connectivity index (χ2v) is 10.2. The molecule has 0 spiro atoms. The fourth-order valence-electron chi connectivity index (χ4n) is 1.33. The van der Waals surface area contributed by atoms with Crippen molar-refractivity contribution in [3.05, 3.63) is 35.5 Å². The second-order valence-electron chi connectivity index (χ2n) is 3.58. The minimum Gasteiger partial charge on any atom is -0.477 e. The average Bonchev–Trinajstić information content (AvgIpc) is 2.93. The van der Waals surface area contributed by atoms with E-state index in [9.17, 15) is 13.2 Å². The molecule has 108 valence electrons. The Morgan fingerprint density at radius 1 is 1.30 bits per heavy atom. The van der Waals surface area contributed by atoms with Crippen molar-refractivity contribution in [2.75, 3.05) is 0 Å². The van der Waals surface area contributed by atoms with E-state index in [1.165, 1.54) is 11.3 Å². The summed E-state index contributed by atoms with van der Waals surface area (Å²) in [5.41, 5.74) is 0. The van der Waals surface area contributed by atoms with Gasteiger partial charge in [-0.15, -0.1) is 22.7 Å². The van der Waals surface area contributed by atoms with Gasteiger partial charge in [-0.1, -0.05) is 0 Å². The van der Waals surface area contributed by atoms with Crippen LogP contribution in [0, 0.1) is 0 Å². The third-order valence-corrected chi connectivity index (χ3v) is 7.49. The van der Waals surface area contributed by atoms with Gasteiger partial charge in [0.1, 0.15) is 9.77 Å². The lowest BCUT2D eigenvalue weighted by Crippen LogP contribution is -2.22. The molecular weight excluding hydrogens is 454 g/mol. The third-order valence-electron chi connectivity index (χ3n) is 2.22. The Labute approximate surface area is 140 Å². The Morgan fingerprint density at radius 3 is 2.50 bits per heavy atom. The molecular formula is C10H7Br2NO4S3. The number of rotatable bonds is 5. The highest BCUT2D eigenvalue weighted by Gasteiger charge is 2.23. The molecule has 2 rings (SSSR count). The summed E-state index contributed by atoms with van der Waals surface area (Å²) >= 11 is 8.67. The SMILES string of the molecule is O=C(O)c1cc(S(=O)(=O)NCc2ccc(Br)s2)c(Br)s1. The topological polar surface area (TPSA) is 83.5 Å². The van der Waals surface area contributed by atoms with Gasteiger partial charge in [-0.25, -0.2) is 17.9 Å². The number of carbonyl (C=O) groups is 1. The summed E-state index contributed by atoms with van der Waals surface area (Å²) in [7, 11) is -3.75. The van der Waals surface area contributed by atoms with Crippen LogP contribution in [-0.2, 0) is 16.6 Å². The van der Waals surface area contributed by atoms with Crippen molar-refractivity contribution in [3.63, 3.8) is 0 Å². The molecule has 2 heterocycles. The third kappa shape index (κ3) is 3.68. The molecule has 0 unspecified atom stereocenters. The summed E-state index contributed by atoms with van der Waals surface area (Å²) in [4.78, 5) is 11.6. The van der Waals surface area contributed by atoms with Gasteiger partial charge in [0.2, 0.25) is 10.0 Å². The molecule has 2 aromatic heterocycles. The fraction of sp³-hybridized carbons (Fsp3) is 0.100. The van der Waals surface area contributed by atoms with Gasteiger partial charge in [-0.2, -0.15) is 0 Å².